The Labute approximate surface area is 126 Å². The SMILES string of the molecule is CCc1ccc(C(=O)Cn2c(C)nc3c2CCCC3)cc1. The van der Waals surface area contributed by atoms with Crippen LogP contribution in [0.1, 0.15) is 52.9 Å². The van der Waals surface area contributed by atoms with E-state index in [9.17, 15) is 4.79 Å². The lowest BCUT2D eigenvalue weighted by atomic mass is 10.0. The van der Waals surface area contributed by atoms with E-state index in [1.54, 1.807) is 0 Å². The van der Waals surface area contributed by atoms with Crippen molar-refractivity contribution in [2.24, 2.45) is 0 Å². The highest BCUT2D eigenvalue weighted by Crippen LogP contribution is 2.22. The van der Waals surface area contributed by atoms with Gasteiger partial charge in [-0.15, -0.1) is 0 Å². The Kier molecular flexibility index (Phi) is 3.91. The summed E-state index contributed by atoms with van der Waals surface area (Å²) in [6.45, 7) is 4.55. The molecule has 0 spiro atoms. The fraction of sp³-hybridized carbons (Fsp3) is 0.444. The molecule has 0 atom stereocenters. The summed E-state index contributed by atoms with van der Waals surface area (Å²) in [6, 6.07) is 7.98. The molecular weight excluding hydrogens is 260 g/mol. The predicted octanol–water partition coefficient (Wildman–Crippen LogP) is 3.52. The molecule has 0 saturated heterocycles. The summed E-state index contributed by atoms with van der Waals surface area (Å²) < 4.78 is 2.12. The number of carbonyl (C=O) groups excluding carboxylic acids is 1. The minimum atomic E-state index is 0.173. The maximum Gasteiger partial charge on any atom is 0.182 e. The van der Waals surface area contributed by atoms with Gasteiger partial charge < -0.3 is 4.57 Å². The number of carbonyl (C=O) groups is 1. The van der Waals surface area contributed by atoms with Crippen molar-refractivity contribution in [3.05, 3.63) is 52.6 Å². The quantitative estimate of drug-likeness (QED) is 0.804. The first-order valence-electron chi connectivity index (χ1n) is 7.86. The lowest BCUT2D eigenvalue weighted by Crippen LogP contribution is -2.16. The summed E-state index contributed by atoms with van der Waals surface area (Å²) in [5.74, 6) is 1.15. The summed E-state index contributed by atoms with van der Waals surface area (Å²) in [6.07, 6.45) is 5.54. The number of aryl methyl sites for hydroxylation is 3. The third-order valence-electron chi connectivity index (χ3n) is 4.41. The van der Waals surface area contributed by atoms with E-state index in [0.29, 0.717) is 6.54 Å². The Hall–Kier alpha value is -1.90. The van der Waals surface area contributed by atoms with E-state index in [4.69, 9.17) is 0 Å². The van der Waals surface area contributed by atoms with E-state index in [-0.39, 0.29) is 5.78 Å². The topological polar surface area (TPSA) is 34.9 Å². The first-order chi connectivity index (χ1) is 10.2. The number of hydrogen-bond acceptors (Lipinski definition) is 2. The third kappa shape index (κ3) is 2.78. The van der Waals surface area contributed by atoms with Gasteiger partial charge >= 0.3 is 0 Å². The highest BCUT2D eigenvalue weighted by Gasteiger charge is 2.19. The van der Waals surface area contributed by atoms with Gasteiger partial charge in [0.25, 0.3) is 0 Å². The maximum atomic E-state index is 12.5. The van der Waals surface area contributed by atoms with Gasteiger partial charge in [0.15, 0.2) is 5.78 Å². The maximum absolute atomic E-state index is 12.5. The molecular formula is C18H22N2O. The van der Waals surface area contributed by atoms with Gasteiger partial charge in [0.2, 0.25) is 0 Å². The molecule has 0 bridgehead atoms. The van der Waals surface area contributed by atoms with E-state index in [0.717, 1.165) is 30.7 Å². The van der Waals surface area contributed by atoms with Crippen LogP contribution in [0, 0.1) is 6.92 Å². The molecule has 3 rings (SSSR count). The largest absolute Gasteiger partial charge is 0.324 e. The van der Waals surface area contributed by atoms with Crippen LogP contribution in [-0.4, -0.2) is 15.3 Å². The first kappa shape index (κ1) is 14.1. The summed E-state index contributed by atoms with van der Waals surface area (Å²) in [5, 5.41) is 0. The number of rotatable bonds is 4. The second-order valence-corrected chi connectivity index (χ2v) is 5.82. The minimum Gasteiger partial charge on any atom is -0.324 e. The van der Waals surface area contributed by atoms with Crippen LogP contribution in [0.5, 0.6) is 0 Å². The molecule has 0 saturated carbocycles. The molecule has 0 unspecified atom stereocenters. The van der Waals surface area contributed by atoms with Crippen LogP contribution in [0.4, 0.5) is 0 Å². The Morgan fingerprint density at radius 3 is 2.62 bits per heavy atom. The van der Waals surface area contributed by atoms with Gasteiger partial charge in [-0.3, -0.25) is 4.79 Å². The number of nitrogens with zero attached hydrogens (tertiary/aromatic N) is 2. The lowest BCUT2D eigenvalue weighted by molar-refractivity contribution is 0.0970. The molecule has 0 aliphatic heterocycles. The van der Waals surface area contributed by atoms with Crippen LogP contribution in [-0.2, 0) is 25.8 Å². The van der Waals surface area contributed by atoms with Crippen molar-refractivity contribution in [2.75, 3.05) is 0 Å². The molecule has 21 heavy (non-hydrogen) atoms. The smallest absolute Gasteiger partial charge is 0.182 e. The van der Waals surface area contributed by atoms with Crippen molar-refractivity contribution in [2.45, 2.75) is 52.5 Å². The van der Waals surface area contributed by atoms with Crippen LogP contribution in [0.25, 0.3) is 0 Å². The summed E-state index contributed by atoms with van der Waals surface area (Å²) >= 11 is 0. The molecule has 1 aliphatic carbocycles. The van der Waals surface area contributed by atoms with Gasteiger partial charge in [-0.2, -0.15) is 0 Å². The van der Waals surface area contributed by atoms with Crippen molar-refractivity contribution in [3.8, 4) is 0 Å². The number of benzene rings is 1. The Balaban J connectivity index is 1.82. The number of fused-ring (bicyclic) bond motifs is 1. The van der Waals surface area contributed by atoms with Gasteiger partial charge in [0.1, 0.15) is 5.82 Å². The summed E-state index contributed by atoms with van der Waals surface area (Å²) in [7, 11) is 0. The van der Waals surface area contributed by atoms with Crippen molar-refractivity contribution < 1.29 is 4.79 Å². The van der Waals surface area contributed by atoms with Crippen LogP contribution >= 0.6 is 0 Å². The fourth-order valence-electron chi connectivity index (χ4n) is 3.11. The van der Waals surface area contributed by atoms with Gasteiger partial charge in [0, 0.05) is 11.3 Å². The number of Topliss-reactive ketones (excluding diaryl/α,β-unsaturated/α-hetero) is 1. The third-order valence-corrected chi connectivity index (χ3v) is 4.41. The molecule has 1 aliphatic rings. The van der Waals surface area contributed by atoms with E-state index in [2.05, 4.69) is 16.5 Å². The molecule has 1 aromatic heterocycles. The average molecular weight is 282 g/mol. The number of aromatic nitrogens is 2. The fourth-order valence-corrected chi connectivity index (χ4v) is 3.11. The van der Waals surface area contributed by atoms with Crippen LogP contribution in [0.2, 0.25) is 0 Å². The van der Waals surface area contributed by atoms with E-state index in [1.807, 2.05) is 31.2 Å². The molecule has 0 fully saturated rings. The molecule has 3 heteroatoms. The molecule has 110 valence electrons. The van der Waals surface area contributed by atoms with Gasteiger partial charge in [-0.05, 0) is 44.6 Å². The molecule has 0 amide bonds. The van der Waals surface area contributed by atoms with Crippen molar-refractivity contribution in [1.82, 2.24) is 9.55 Å². The number of ketones is 1. The summed E-state index contributed by atoms with van der Waals surface area (Å²) in [4.78, 5) is 17.1. The van der Waals surface area contributed by atoms with Gasteiger partial charge in [-0.1, -0.05) is 31.2 Å². The Morgan fingerprint density at radius 2 is 1.90 bits per heavy atom. The lowest BCUT2D eigenvalue weighted by Gasteiger charge is -2.14. The van der Waals surface area contributed by atoms with E-state index >= 15 is 0 Å². The monoisotopic (exact) mass is 282 g/mol. The molecule has 0 N–H and O–H groups in total. The highest BCUT2D eigenvalue weighted by molar-refractivity contribution is 5.96. The minimum absolute atomic E-state index is 0.173. The molecule has 2 aromatic rings. The second kappa shape index (κ2) is 5.84. The zero-order chi connectivity index (χ0) is 14.8. The second-order valence-electron chi connectivity index (χ2n) is 5.82. The van der Waals surface area contributed by atoms with E-state index in [1.165, 1.54) is 29.8 Å². The zero-order valence-corrected chi connectivity index (χ0v) is 12.9. The average Bonchev–Trinajstić information content (AvgIpc) is 2.83. The van der Waals surface area contributed by atoms with E-state index < -0.39 is 0 Å². The van der Waals surface area contributed by atoms with Crippen LogP contribution in [0.15, 0.2) is 24.3 Å². The Bertz CT molecular complexity index is 653. The predicted molar refractivity (Wildman–Crippen MR) is 83.8 cm³/mol. The van der Waals surface area contributed by atoms with Crippen molar-refractivity contribution in [1.29, 1.82) is 0 Å². The van der Waals surface area contributed by atoms with Crippen molar-refractivity contribution >= 4 is 5.78 Å². The molecule has 1 aromatic carbocycles. The highest BCUT2D eigenvalue weighted by atomic mass is 16.1. The normalized spacial score (nSPS) is 14.0. The van der Waals surface area contributed by atoms with Gasteiger partial charge in [0.05, 0.1) is 12.2 Å². The standard InChI is InChI=1S/C18H22N2O/c1-3-14-8-10-15(11-9-14)18(21)12-20-13(2)19-16-6-4-5-7-17(16)20/h8-11H,3-7,12H2,1-2H3. The first-order valence-corrected chi connectivity index (χ1v) is 7.86. The number of imidazole rings is 1. The zero-order valence-electron chi connectivity index (χ0n) is 12.9. The molecule has 3 nitrogen and oxygen atoms in total. The Morgan fingerprint density at radius 1 is 1.19 bits per heavy atom. The van der Waals surface area contributed by atoms with Crippen LogP contribution < -0.4 is 0 Å². The van der Waals surface area contributed by atoms with Crippen LogP contribution in [0.3, 0.4) is 0 Å². The summed E-state index contributed by atoms with van der Waals surface area (Å²) in [5.41, 5.74) is 4.54. The van der Waals surface area contributed by atoms with Crippen molar-refractivity contribution in [3.63, 3.8) is 0 Å². The van der Waals surface area contributed by atoms with Gasteiger partial charge in [-0.25, -0.2) is 4.98 Å². The molecule has 0 radical (unpaired) electrons. The molecule has 1 heterocycles. The number of hydrogen-bond donors (Lipinski definition) is 0.